The van der Waals surface area contributed by atoms with Crippen LogP contribution in [-0.4, -0.2) is 18.1 Å². The fraction of sp³-hybridized carbons (Fsp3) is 0.529. The minimum Gasteiger partial charge on any atom is -0.422 e. The van der Waals surface area contributed by atoms with E-state index in [1.54, 1.807) is 11.3 Å². The number of anilines is 1. The molecule has 0 saturated carbocycles. The predicted octanol–water partition coefficient (Wildman–Crippen LogP) is 8.83. The van der Waals surface area contributed by atoms with Crippen LogP contribution in [0.1, 0.15) is 104 Å². The lowest BCUT2D eigenvalue weighted by Gasteiger charge is -2.48. The maximum absolute atomic E-state index is 13.7. The lowest BCUT2D eigenvalue weighted by atomic mass is 9.69. The van der Waals surface area contributed by atoms with Crippen molar-refractivity contribution in [3.8, 4) is 10.6 Å². The summed E-state index contributed by atoms with van der Waals surface area (Å²) in [6, 6.07) is 8.88. The lowest BCUT2D eigenvalue weighted by Crippen LogP contribution is -2.44. The molecule has 39 heavy (non-hydrogen) atoms. The summed E-state index contributed by atoms with van der Waals surface area (Å²) in [6.45, 7) is 24.9. The first-order valence-electron chi connectivity index (χ1n) is 14.3. The third kappa shape index (κ3) is 4.15. The number of thiazole rings is 1. The molecule has 0 spiro atoms. The Bertz CT molecular complexity index is 1700. The number of benzene rings is 2. The topological polar surface area (TPSA) is 46.3 Å². The summed E-state index contributed by atoms with van der Waals surface area (Å²) in [4.78, 5) is 21.3. The highest BCUT2D eigenvalue weighted by molar-refractivity contribution is 7.21. The third-order valence-corrected chi connectivity index (χ3v) is 10.3. The van der Waals surface area contributed by atoms with Crippen molar-refractivity contribution in [2.24, 2.45) is 0 Å². The molecule has 0 bridgehead atoms. The minimum atomic E-state index is -0.297. The van der Waals surface area contributed by atoms with Crippen molar-refractivity contribution in [2.45, 2.75) is 104 Å². The second kappa shape index (κ2) is 8.19. The number of rotatable bonds is 1. The molecule has 0 N–H and O–H groups in total. The van der Waals surface area contributed by atoms with E-state index >= 15 is 0 Å². The summed E-state index contributed by atoms with van der Waals surface area (Å²) in [7, 11) is 0. The maximum Gasteiger partial charge on any atom is 0.346 e. The average molecular weight is 543 g/mol. The summed E-state index contributed by atoms with van der Waals surface area (Å²) >= 11 is 1.62. The molecule has 4 nitrogen and oxygen atoms in total. The molecule has 5 heteroatoms. The lowest BCUT2D eigenvalue weighted by molar-refractivity contribution is 0.398. The maximum atomic E-state index is 13.7. The van der Waals surface area contributed by atoms with Crippen LogP contribution in [0.4, 0.5) is 5.69 Å². The molecule has 2 aliphatic rings. The highest BCUT2D eigenvalue weighted by Gasteiger charge is 2.42. The summed E-state index contributed by atoms with van der Waals surface area (Å²) in [5.41, 5.74) is 8.37. The van der Waals surface area contributed by atoms with E-state index in [1.165, 1.54) is 27.9 Å². The molecule has 4 heterocycles. The van der Waals surface area contributed by atoms with Crippen LogP contribution in [0.15, 0.2) is 33.5 Å². The van der Waals surface area contributed by atoms with Crippen molar-refractivity contribution < 1.29 is 4.42 Å². The number of hydrogen-bond acceptors (Lipinski definition) is 5. The van der Waals surface area contributed by atoms with Gasteiger partial charge in [-0.2, -0.15) is 0 Å². The Kier molecular flexibility index (Phi) is 5.58. The molecule has 2 aromatic carbocycles. The Balaban J connectivity index is 1.63. The first-order valence-corrected chi connectivity index (χ1v) is 15.2. The molecule has 6 rings (SSSR count). The first-order chi connectivity index (χ1) is 18.0. The van der Waals surface area contributed by atoms with Gasteiger partial charge in [0.25, 0.3) is 0 Å². The molecule has 0 atom stereocenters. The van der Waals surface area contributed by atoms with E-state index in [-0.39, 0.29) is 27.3 Å². The smallest absolute Gasteiger partial charge is 0.346 e. The fourth-order valence-electron chi connectivity index (χ4n) is 6.44. The van der Waals surface area contributed by atoms with Gasteiger partial charge in [-0.05, 0) is 69.4 Å². The Labute approximate surface area is 236 Å². The Morgan fingerprint density at radius 2 is 1.56 bits per heavy atom. The summed E-state index contributed by atoms with van der Waals surface area (Å²) < 4.78 is 7.43. The standard InChI is InChI=1S/C34H42N2O2S/c1-31(2,3)20-17-23(32(4,5)6)28-24(18-20)35-29(39-28)21-15-19-16-22-26-25(27(19)38-30(21)37)34(9,10)12-14-36(26)13-11-33(22,7)8/h15-18H,11-14H2,1-10H3. The van der Waals surface area contributed by atoms with Gasteiger partial charge in [0, 0.05) is 29.7 Å². The quantitative estimate of drug-likeness (QED) is 0.225. The molecule has 0 aliphatic carbocycles. The molecule has 0 radical (unpaired) electrons. The van der Waals surface area contributed by atoms with Gasteiger partial charge in [0.15, 0.2) is 0 Å². The summed E-state index contributed by atoms with van der Waals surface area (Å²) in [5.74, 6) is 0. The molecule has 4 aromatic rings. The van der Waals surface area contributed by atoms with Gasteiger partial charge in [-0.25, -0.2) is 9.78 Å². The zero-order valence-corrected chi connectivity index (χ0v) is 26.1. The van der Waals surface area contributed by atoms with Crippen molar-refractivity contribution >= 4 is 38.2 Å². The van der Waals surface area contributed by atoms with E-state index in [4.69, 9.17) is 9.40 Å². The van der Waals surface area contributed by atoms with Crippen LogP contribution in [0.2, 0.25) is 0 Å². The van der Waals surface area contributed by atoms with Gasteiger partial charge in [-0.1, -0.05) is 75.3 Å². The SMILES string of the molecule is CC(C)(C)c1cc(C(C)(C)C)c2sc(-c3cc4cc5c6c(c4oc3=O)C(C)(C)CCN6CCC5(C)C)nc2c1. The van der Waals surface area contributed by atoms with Crippen molar-refractivity contribution in [2.75, 3.05) is 18.0 Å². The Morgan fingerprint density at radius 3 is 2.21 bits per heavy atom. The first kappa shape index (κ1) is 26.6. The molecule has 2 aromatic heterocycles. The highest BCUT2D eigenvalue weighted by Crippen LogP contribution is 2.52. The van der Waals surface area contributed by atoms with E-state index in [1.807, 2.05) is 0 Å². The Morgan fingerprint density at radius 1 is 0.897 bits per heavy atom. The van der Waals surface area contributed by atoms with Gasteiger partial charge in [0.2, 0.25) is 0 Å². The van der Waals surface area contributed by atoms with Gasteiger partial charge < -0.3 is 9.32 Å². The van der Waals surface area contributed by atoms with Crippen molar-refractivity contribution in [1.29, 1.82) is 0 Å². The summed E-state index contributed by atoms with van der Waals surface area (Å²) in [5, 5.41) is 1.75. The predicted molar refractivity (Wildman–Crippen MR) is 166 cm³/mol. The van der Waals surface area contributed by atoms with Crippen LogP contribution in [0.5, 0.6) is 0 Å². The summed E-state index contributed by atoms with van der Waals surface area (Å²) in [6.07, 6.45) is 2.17. The van der Waals surface area contributed by atoms with Crippen molar-refractivity contribution in [3.05, 3.63) is 56.9 Å². The van der Waals surface area contributed by atoms with Crippen LogP contribution in [0, 0.1) is 0 Å². The van der Waals surface area contributed by atoms with E-state index < -0.39 is 0 Å². The van der Waals surface area contributed by atoms with Gasteiger partial charge in [-0.15, -0.1) is 11.3 Å². The number of nitrogens with zero attached hydrogens (tertiary/aromatic N) is 2. The van der Waals surface area contributed by atoms with Gasteiger partial charge in [0.1, 0.15) is 10.6 Å². The monoisotopic (exact) mass is 542 g/mol. The number of fused-ring (bicyclic) bond motifs is 3. The molecule has 0 unspecified atom stereocenters. The van der Waals surface area contributed by atoms with Crippen molar-refractivity contribution in [1.82, 2.24) is 4.98 Å². The second-order valence-corrected chi connectivity index (χ2v) is 16.2. The van der Waals surface area contributed by atoms with Crippen molar-refractivity contribution in [3.63, 3.8) is 0 Å². The van der Waals surface area contributed by atoms with Crippen LogP contribution < -0.4 is 10.5 Å². The van der Waals surface area contributed by atoms with Gasteiger partial charge in [0.05, 0.1) is 15.8 Å². The Hall–Kier alpha value is -2.66. The van der Waals surface area contributed by atoms with Gasteiger partial charge >= 0.3 is 5.63 Å². The number of aromatic nitrogens is 1. The van der Waals surface area contributed by atoms with Crippen LogP contribution in [0.3, 0.4) is 0 Å². The largest absolute Gasteiger partial charge is 0.422 e. The zero-order valence-electron chi connectivity index (χ0n) is 25.3. The molecular formula is C34H42N2O2S. The second-order valence-electron chi connectivity index (χ2n) is 15.2. The minimum absolute atomic E-state index is 0.00785. The molecule has 0 amide bonds. The van der Waals surface area contributed by atoms with Crippen LogP contribution >= 0.6 is 11.3 Å². The third-order valence-electron chi connectivity index (χ3n) is 9.13. The molecule has 2 aliphatic heterocycles. The van der Waals surface area contributed by atoms with E-state index in [9.17, 15) is 4.79 Å². The molecular weight excluding hydrogens is 500 g/mol. The van der Waals surface area contributed by atoms with E-state index in [2.05, 4.69) is 98.4 Å². The van der Waals surface area contributed by atoms with Crippen LogP contribution in [0.25, 0.3) is 31.8 Å². The van der Waals surface area contributed by atoms with Crippen LogP contribution in [-0.2, 0) is 21.7 Å². The normalized spacial score (nSPS) is 18.6. The highest BCUT2D eigenvalue weighted by atomic mass is 32.1. The molecule has 0 saturated heterocycles. The fourth-order valence-corrected chi connectivity index (χ4v) is 7.71. The zero-order chi connectivity index (χ0) is 28.3. The molecule has 0 fully saturated rings. The van der Waals surface area contributed by atoms with E-state index in [0.29, 0.717) is 5.56 Å². The average Bonchev–Trinajstić information content (AvgIpc) is 3.24. The number of hydrogen-bond donors (Lipinski definition) is 0. The van der Waals surface area contributed by atoms with E-state index in [0.717, 1.165) is 52.1 Å². The molecule has 206 valence electrons. The van der Waals surface area contributed by atoms with Gasteiger partial charge in [-0.3, -0.25) is 0 Å².